The van der Waals surface area contributed by atoms with Crippen LogP contribution in [-0.2, 0) is 6.54 Å². The molecule has 0 saturated carbocycles. The molecule has 0 amide bonds. The van der Waals surface area contributed by atoms with Gasteiger partial charge in [-0.1, -0.05) is 41.6 Å². The van der Waals surface area contributed by atoms with E-state index >= 15 is 0 Å². The van der Waals surface area contributed by atoms with Gasteiger partial charge >= 0.3 is 5.69 Å². The number of hydrogen-bond acceptors (Lipinski definition) is 5. The maximum Gasteiger partial charge on any atom is 0.312 e. The van der Waals surface area contributed by atoms with Crippen molar-refractivity contribution in [1.29, 1.82) is 0 Å². The van der Waals surface area contributed by atoms with E-state index in [1.807, 2.05) is 48.5 Å². The van der Waals surface area contributed by atoms with Gasteiger partial charge in [0.1, 0.15) is 0 Å². The minimum atomic E-state index is -0.606. The molecule has 5 nitrogen and oxygen atoms in total. The molecule has 3 aromatic carbocycles. The van der Waals surface area contributed by atoms with Crippen LogP contribution in [0.4, 0.5) is 11.4 Å². The first-order valence-electron chi connectivity index (χ1n) is 7.75. The largest absolute Gasteiger partial charge is 0.502 e. The smallest absolute Gasteiger partial charge is 0.312 e. The Hall–Kier alpha value is -2.70. The molecular formula is C19H15ClN2O3S. The number of phenols is 1. The molecule has 3 rings (SSSR count). The number of nitrogens with one attached hydrogen (secondary N) is 1. The van der Waals surface area contributed by atoms with Crippen molar-refractivity contribution in [3.63, 3.8) is 0 Å². The van der Waals surface area contributed by atoms with Gasteiger partial charge in [0, 0.05) is 33.1 Å². The number of benzene rings is 3. The van der Waals surface area contributed by atoms with Crippen LogP contribution in [0.25, 0.3) is 0 Å². The zero-order chi connectivity index (χ0) is 18.5. The monoisotopic (exact) mass is 386 g/mol. The summed E-state index contributed by atoms with van der Waals surface area (Å²) in [7, 11) is 0. The summed E-state index contributed by atoms with van der Waals surface area (Å²) in [6.45, 7) is 0.499. The van der Waals surface area contributed by atoms with E-state index in [0.717, 1.165) is 15.4 Å². The molecule has 26 heavy (non-hydrogen) atoms. The summed E-state index contributed by atoms with van der Waals surface area (Å²) in [5, 5.41) is 24.3. The van der Waals surface area contributed by atoms with Crippen molar-refractivity contribution in [3.8, 4) is 5.75 Å². The highest BCUT2D eigenvalue weighted by Crippen LogP contribution is 2.32. The van der Waals surface area contributed by atoms with Crippen LogP contribution in [0.1, 0.15) is 5.56 Å². The van der Waals surface area contributed by atoms with Gasteiger partial charge in [-0.3, -0.25) is 10.1 Å². The van der Waals surface area contributed by atoms with Crippen molar-refractivity contribution >= 4 is 34.7 Å². The Morgan fingerprint density at radius 3 is 2.54 bits per heavy atom. The quantitative estimate of drug-likeness (QED) is 0.322. The van der Waals surface area contributed by atoms with Crippen LogP contribution in [0, 0.1) is 10.1 Å². The maximum absolute atomic E-state index is 10.9. The summed E-state index contributed by atoms with van der Waals surface area (Å²) in [6, 6.07) is 19.8. The minimum absolute atomic E-state index is 0.321. The van der Waals surface area contributed by atoms with Crippen molar-refractivity contribution < 1.29 is 10.0 Å². The number of nitrogens with zero attached hydrogens (tertiary/aromatic N) is 1. The van der Waals surface area contributed by atoms with Crippen LogP contribution in [0.15, 0.2) is 76.5 Å². The number of nitro groups is 1. The van der Waals surface area contributed by atoms with E-state index in [1.165, 1.54) is 12.1 Å². The van der Waals surface area contributed by atoms with Gasteiger partial charge in [-0.05, 0) is 48.0 Å². The average Bonchev–Trinajstić information content (AvgIpc) is 2.64. The van der Waals surface area contributed by atoms with Gasteiger partial charge < -0.3 is 10.4 Å². The molecule has 0 fully saturated rings. The van der Waals surface area contributed by atoms with E-state index in [2.05, 4.69) is 5.32 Å². The lowest BCUT2D eigenvalue weighted by Gasteiger charge is -2.11. The van der Waals surface area contributed by atoms with Gasteiger partial charge in [-0.15, -0.1) is 0 Å². The predicted molar refractivity (Wildman–Crippen MR) is 104 cm³/mol. The maximum atomic E-state index is 10.9. The van der Waals surface area contributed by atoms with Crippen LogP contribution in [0.3, 0.4) is 0 Å². The Morgan fingerprint density at radius 2 is 1.81 bits per heavy atom. The summed E-state index contributed by atoms with van der Waals surface area (Å²) < 4.78 is 0. The lowest BCUT2D eigenvalue weighted by Crippen LogP contribution is -2.01. The molecular weight excluding hydrogens is 372 g/mol. The Labute approximate surface area is 159 Å². The van der Waals surface area contributed by atoms with E-state index in [9.17, 15) is 15.2 Å². The Kier molecular flexibility index (Phi) is 5.65. The lowest BCUT2D eigenvalue weighted by molar-refractivity contribution is -0.385. The van der Waals surface area contributed by atoms with Crippen molar-refractivity contribution in [2.75, 3.05) is 5.32 Å². The van der Waals surface area contributed by atoms with Crippen molar-refractivity contribution in [3.05, 3.63) is 87.4 Å². The molecule has 0 bridgehead atoms. The molecule has 0 saturated heterocycles. The van der Waals surface area contributed by atoms with Crippen LogP contribution < -0.4 is 5.32 Å². The second-order valence-electron chi connectivity index (χ2n) is 5.48. The molecule has 0 radical (unpaired) electrons. The average molecular weight is 387 g/mol. The fourth-order valence-corrected chi connectivity index (χ4v) is 3.43. The summed E-state index contributed by atoms with van der Waals surface area (Å²) in [5.74, 6) is -0.348. The summed E-state index contributed by atoms with van der Waals surface area (Å²) >= 11 is 7.55. The Balaban J connectivity index is 1.75. The molecule has 7 heteroatoms. The predicted octanol–water partition coefficient (Wildman–Crippen LogP) is 5.72. The van der Waals surface area contributed by atoms with Gasteiger partial charge in [0.05, 0.1) is 4.92 Å². The molecule has 132 valence electrons. The molecule has 0 atom stereocenters. The van der Waals surface area contributed by atoms with Crippen molar-refractivity contribution in [2.24, 2.45) is 0 Å². The highest BCUT2D eigenvalue weighted by molar-refractivity contribution is 7.99. The van der Waals surface area contributed by atoms with Crippen LogP contribution in [0.5, 0.6) is 5.75 Å². The third-order valence-electron chi connectivity index (χ3n) is 3.67. The molecule has 0 aromatic heterocycles. The number of nitro benzene ring substituents is 1. The standard InChI is InChI=1S/C19H15ClN2O3S/c20-14-5-8-16(9-6-14)26-19-4-2-1-3-13(19)12-21-15-7-10-18(23)17(11-15)22(24)25/h1-11,21,23H,12H2. The number of rotatable bonds is 6. The molecule has 0 aliphatic rings. The van der Waals surface area contributed by atoms with E-state index in [1.54, 1.807) is 17.8 Å². The number of hydrogen-bond donors (Lipinski definition) is 2. The van der Waals surface area contributed by atoms with E-state index in [0.29, 0.717) is 17.3 Å². The highest BCUT2D eigenvalue weighted by Gasteiger charge is 2.13. The zero-order valence-corrected chi connectivity index (χ0v) is 15.1. The Morgan fingerprint density at radius 1 is 1.08 bits per heavy atom. The third-order valence-corrected chi connectivity index (χ3v) is 5.05. The molecule has 0 heterocycles. The minimum Gasteiger partial charge on any atom is -0.502 e. The summed E-state index contributed by atoms with van der Waals surface area (Å²) in [5.41, 5.74) is 1.31. The van der Waals surface area contributed by atoms with Gasteiger partial charge in [0.15, 0.2) is 5.75 Å². The topological polar surface area (TPSA) is 75.4 Å². The van der Waals surface area contributed by atoms with Gasteiger partial charge in [0.25, 0.3) is 0 Å². The summed E-state index contributed by atoms with van der Waals surface area (Å²) in [6.07, 6.45) is 0. The van der Waals surface area contributed by atoms with Gasteiger partial charge in [-0.25, -0.2) is 0 Å². The fraction of sp³-hybridized carbons (Fsp3) is 0.0526. The van der Waals surface area contributed by atoms with Crippen LogP contribution >= 0.6 is 23.4 Å². The van der Waals surface area contributed by atoms with E-state index < -0.39 is 4.92 Å². The Bertz CT molecular complexity index is 932. The lowest BCUT2D eigenvalue weighted by atomic mass is 10.2. The van der Waals surface area contributed by atoms with E-state index in [-0.39, 0.29) is 11.4 Å². The second kappa shape index (κ2) is 8.12. The molecule has 0 spiro atoms. The van der Waals surface area contributed by atoms with Gasteiger partial charge in [0.2, 0.25) is 0 Å². The number of aromatic hydroxyl groups is 1. The molecule has 0 aliphatic carbocycles. The van der Waals surface area contributed by atoms with Crippen molar-refractivity contribution in [2.45, 2.75) is 16.3 Å². The third kappa shape index (κ3) is 4.47. The molecule has 2 N–H and O–H groups in total. The first-order valence-corrected chi connectivity index (χ1v) is 8.95. The fourth-order valence-electron chi connectivity index (χ4n) is 2.36. The molecule has 3 aromatic rings. The van der Waals surface area contributed by atoms with Crippen LogP contribution in [0.2, 0.25) is 5.02 Å². The number of halogens is 1. The van der Waals surface area contributed by atoms with Crippen molar-refractivity contribution in [1.82, 2.24) is 0 Å². The molecule has 0 aliphatic heterocycles. The van der Waals surface area contributed by atoms with Gasteiger partial charge in [-0.2, -0.15) is 0 Å². The summed E-state index contributed by atoms with van der Waals surface area (Å²) in [4.78, 5) is 12.5. The highest BCUT2D eigenvalue weighted by atomic mass is 35.5. The first kappa shape index (κ1) is 18.1. The number of anilines is 1. The first-order chi connectivity index (χ1) is 12.5. The SMILES string of the molecule is O=[N+]([O-])c1cc(NCc2ccccc2Sc2ccc(Cl)cc2)ccc1O. The molecule has 0 unspecified atom stereocenters. The van der Waals surface area contributed by atoms with Crippen LogP contribution in [-0.4, -0.2) is 10.0 Å². The van der Waals surface area contributed by atoms with E-state index in [4.69, 9.17) is 11.6 Å². The zero-order valence-electron chi connectivity index (χ0n) is 13.6. The number of phenolic OH excluding ortho intramolecular Hbond substituents is 1. The normalized spacial score (nSPS) is 10.5. The second-order valence-corrected chi connectivity index (χ2v) is 7.03.